The summed E-state index contributed by atoms with van der Waals surface area (Å²) >= 11 is 0. The van der Waals surface area contributed by atoms with Gasteiger partial charge in [-0.2, -0.15) is 5.10 Å². The molecule has 0 fully saturated rings. The molecule has 0 radical (unpaired) electrons. The second kappa shape index (κ2) is 7.53. The monoisotopic (exact) mass is 317 g/mol. The molecule has 0 saturated carbocycles. The Morgan fingerprint density at radius 1 is 1.26 bits per heavy atom. The van der Waals surface area contributed by atoms with Gasteiger partial charge in [-0.25, -0.2) is 5.01 Å². The van der Waals surface area contributed by atoms with Gasteiger partial charge in [-0.1, -0.05) is 30.3 Å². The van der Waals surface area contributed by atoms with Crippen LogP contribution < -0.4 is 5.73 Å². The maximum atomic E-state index is 12.1. The average Bonchev–Trinajstić information content (AvgIpc) is 3.03. The molecule has 2 amide bonds. The van der Waals surface area contributed by atoms with Crippen LogP contribution in [-0.4, -0.2) is 41.2 Å². The van der Waals surface area contributed by atoms with Crippen LogP contribution in [0.25, 0.3) is 0 Å². The van der Waals surface area contributed by atoms with E-state index in [1.54, 1.807) is 0 Å². The summed E-state index contributed by atoms with van der Waals surface area (Å²) in [6.07, 6.45) is -0.440. The first-order valence-electron chi connectivity index (χ1n) is 7.39. The van der Waals surface area contributed by atoms with Crippen molar-refractivity contribution in [2.75, 3.05) is 6.54 Å². The Kier molecular flexibility index (Phi) is 5.46. The first-order chi connectivity index (χ1) is 11.0. The van der Waals surface area contributed by atoms with Gasteiger partial charge < -0.3 is 10.5 Å². The molecule has 122 valence electrons. The van der Waals surface area contributed by atoms with E-state index in [0.29, 0.717) is 13.0 Å². The van der Waals surface area contributed by atoms with Gasteiger partial charge in [-0.15, -0.1) is 0 Å². The van der Waals surface area contributed by atoms with Crippen LogP contribution in [0.15, 0.2) is 35.4 Å². The number of benzene rings is 1. The standard InChI is InChI=1S/C16H19N3O4/c1-11(16(17)22)23-15(21)8-7-14(20)19-10-9-13(18-19)12-5-3-2-4-6-12/h2-6,11H,7-10H2,1H3,(H2,17,22)/t11-/m1/s1. The van der Waals surface area contributed by atoms with E-state index in [1.165, 1.54) is 11.9 Å². The van der Waals surface area contributed by atoms with Crippen molar-refractivity contribution >= 4 is 23.5 Å². The minimum Gasteiger partial charge on any atom is -0.453 e. The maximum absolute atomic E-state index is 12.1. The molecule has 2 rings (SSSR count). The van der Waals surface area contributed by atoms with Crippen molar-refractivity contribution in [3.63, 3.8) is 0 Å². The van der Waals surface area contributed by atoms with E-state index >= 15 is 0 Å². The molecule has 23 heavy (non-hydrogen) atoms. The van der Waals surface area contributed by atoms with Crippen LogP contribution in [0.3, 0.4) is 0 Å². The lowest BCUT2D eigenvalue weighted by molar-refractivity contribution is -0.154. The number of carbonyl (C=O) groups excluding carboxylic acids is 3. The third-order valence-electron chi connectivity index (χ3n) is 3.45. The molecule has 0 unspecified atom stereocenters. The quantitative estimate of drug-likeness (QED) is 0.785. The van der Waals surface area contributed by atoms with E-state index < -0.39 is 18.0 Å². The van der Waals surface area contributed by atoms with Gasteiger partial charge in [0.1, 0.15) is 0 Å². The molecule has 2 N–H and O–H groups in total. The molecule has 1 atom stereocenters. The van der Waals surface area contributed by atoms with Gasteiger partial charge in [0.2, 0.25) is 5.91 Å². The summed E-state index contributed by atoms with van der Waals surface area (Å²) < 4.78 is 4.80. The fraction of sp³-hybridized carbons (Fsp3) is 0.375. The van der Waals surface area contributed by atoms with Gasteiger partial charge in [-0.3, -0.25) is 14.4 Å². The second-order valence-corrected chi connectivity index (χ2v) is 5.21. The minimum atomic E-state index is -0.993. The minimum absolute atomic E-state index is 0.0180. The van der Waals surface area contributed by atoms with E-state index in [-0.39, 0.29) is 18.7 Å². The Labute approximate surface area is 134 Å². The molecule has 1 aliphatic rings. The van der Waals surface area contributed by atoms with Crippen LogP contribution in [0.5, 0.6) is 0 Å². The Bertz CT molecular complexity index is 627. The molecular formula is C16H19N3O4. The molecule has 1 heterocycles. The van der Waals surface area contributed by atoms with Crippen LogP contribution in [0, 0.1) is 0 Å². The summed E-state index contributed by atoms with van der Waals surface area (Å²) in [5.74, 6) is -1.60. The number of hydrogen-bond acceptors (Lipinski definition) is 5. The molecule has 0 spiro atoms. The van der Waals surface area contributed by atoms with Crippen LogP contribution in [0.1, 0.15) is 31.7 Å². The summed E-state index contributed by atoms with van der Waals surface area (Å²) in [6.45, 7) is 1.88. The number of primary amides is 1. The van der Waals surface area contributed by atoms with Gasteiger partial charge in [0.15, 0.2) is 6.10 Å². The van der Waals surface area contributed by atoms with Crippen LogP contribution in [0.2, 0.25) is 0 Å². The predicted octanol–water partition coefficient (Wildman–Crippen LogP) is 0.820. The van der Waals surface area contributed by atoms with Crippen molar-refractivity contribution < 1.29 is 19.1 Å². The topological polar surface area (TPSA) is 102 Å². The van der Waals surface area contributed by atoms with E-state index in [4.69, 9.17) is 10.5 Å². The Morgan fingerprint density at radius 2 is 1.96 bits per heavy atom. The van der Waals surface area contributed by atoms with Crippen molar-refractivity contribution in [3.8, 4) is 0 Å². The zero-order valence-electron chi connectivity index (χ0n) is 12.9. The normalized spacial score (nSPS) is 15.0. The Balaban J connectivity index is 1.84. The zero-order valence-corrected chi connectivity index (χ0v) is 12.9. The highest BCUT2D eigenvalue weighted by Crippen LogP contribution is 2.15. The molecular weight excluding hydrogens is 298 g/mol. The zero-order chi connectivity index (χ0) is 16.8. The van der Waals surface area contributed by atoms with E-state index in [1.807, 2.05) is 30.3 Å². The number of carbonyl (C=O) groups is 3. The highest BCUT2D eigenvalue weighted by Gasteiger charge is 2.23. The number of rotatable bonds is 6. The van der Waals surface area contributed by atoms with Gasteiger partial charge in [-0.05, 0) is 12.5 Å². The first-order valence-corrected chi connectivity index (χ1v) is 7.39. The highest BCUT2D eigenvalue weighted by atomic mass is 16.5. The van der Waals surface area contributed by atoms with E-state index in [0.717, 1.165) is 11.3 Å². The number of ether oxygens (including phenoxy) is 1. The summed E-state index contributed by atoms with van der Waals surface area (Å²) in [5, 5.41) is 5.67. The number of nitrogens with two attached hydrogens (primary N) is 1. The molecule has 0 saturated heterocycles. The van der Waals surface area contributed by atoms with Crippen molar-refractivity contribution in [1.82, 2.24) is 5.01 Å². The van der Waals surface area contributed by atoms with Crippen molar-refractivity contribution in [1.29, 1.82) is 0 Å². The molecule has 1 aliphatic heterocycles. The van der Waals surface area contributed by atoms with Gasteiger partial charge in [0.05, 0.1) is 18.7 Å². The van der Waals surface area contributed by atoms with Crippen LogP contribution >= 0.6 is 0 Å². The molecule has 1 aromatic rings. The lowest BCUT2D eigenvalue weighted by atomic mass is 10.1. The Hall–Kier alpha value is -2.70. The van der Waals surface area contributed by atoms with Gasteiger partial charge in [0.25, 0.3) is 5.91 Å². The molecule has 0 bridgehead atoms. The Morgan fingerprint density at radius 3 is 2.61 bits per heavy atom. The SMILES string of the molecule is C[C@@H](OC(=O)CCC(=O)N1CCC(c2ccccc2)=N1)C(N)=O. The summed E-state index contributed by atoms with van der Waals surface area (Å²) in [4.78, 5) is 34.4. The van der Waals surface area contributed by atoms with E-state index in [9.17, 15) is 14.4 Å². The van der Waals surface area contributed by atoms with E-state index in [2.05, 4.69) is 5.10 Å². The van der Waals surface area contributed by atoms with Crippen molar-refractivity contribution in [3.05, 3.63) is 35.9 Å². The average molecular weight is 317 g/mol. The molecule has 0 aromatic heterocycles. The number of amides is 2. The smallest absolute Gasteiger partial charge is 0.307 e. The molecule has 7 heteroatoms. The number of nitrogens with zero attached hydrogens (tertiary/aromatic N) is 2. The third kappa shape index (κ3) is 4.64. The van der Waals surface area contributed by atoms with Crippen molar-refractivity contribution in [2.24, 2.45) is 10.8 Å². The molecule has 0 aliphatic carbocycles. The van der Waals surface area contributed by atoms with Gasteiger partial charge >= 0.3 is 5.97 Å². The van der Waals surface area contributed by atoms with Crippen molar-refractivity contribution in [2.45, 2.75) is 32.3 Å². The second-order valence-electron chi connectivity index (χ2n) is 5.21. The lowest BCUT2D eigenvalue weighted by Gasteiger charge is -2.12. The predicted molar refractivity (Wildman–Crippen MR) is 83.3 cm³/mol. The number of hydrogen-bond donors (Lipinski definition) is 1. The summed E-state index contributed by atoms with van der Waals surface area (Å²) in [7, 11) is 0. The molecule has 7 nitrogen and oxygen atoms in total. The molecule has 1 aromatic carbocycles. The number of hydrazone groups is 1. The first kappa shape index (κ1) is 16.7. The third-order valence-corrected chi connectivity index (χ3v) is 3.45. The van der Waals surface area contributed by atoms with Crippen LogP contribution in [-0.2, 0) is 19.1 Å². The summed E-state index contributed by atoms with van der Waals surface area (Å²) in [5.41, 5.74) is 6.84. The van der Waals surface area contributed by atoms with Gasteiger partial charge in [0, 0.05) is 12.8 Å². The number of esters is 1. The lowest BCUT2D eigenvalue weighted by Crippen LogP contribution is -2.31. The highest BCUT2D eigenvalue weighted by molar-refractivity contribution is 6.02. The van der Waals surface area contributed by atoms with Crippen LogP contribution in [0.4, 0.5) is 0 Å². The summed E-state index contributed by atoms with van der Waals surface area (Å²) in [6, 6.07) is 9.63. The fourth-order valence-electron chi connectivity index (χ4n) is 2.12. The fourth-order valence-corrected chi connectivity index (χ4v) is 2.12. The maximum Gasteiger partial charge on any atom is 0.307 e. The largest absolute Gasteiger partial charge is 0.453 e.